The van der Waals surface area contributed by atoms with Crippen LogP contribution in [0, 0.1) is 5.92 Å². The molecule has 7 heteroatoms. The minimum absolute atomic E-state index is 0.0371. The number of carbonyl (C=O) groups excluding carboxylic acids is 1. The Balaban J connectivity index is 1.92. The largest absolute Gasteiger partial charge is 0.477 e. The van der Waals surface area contributed by atoms with Gasteiger partial charge in [-0.25, -0.2) is 4.79 Å². The summed E-state index contributed by atoms with van der Waals surface area (Å²) in [4.78, 5) is 31.5. The molecule has 0 saturated carbocycles. The number of oxime groups is 1. The van der Waals surface area contributed by atoms with Crippen molar-refractivity contribution in [3.63, 3.8) is 0 Å². The van der Waals surface area contributed by atoms with Crippen molar-refractivity contribution in [2.45, 2.75) is 13.0 Å². The molecule has 1 aromatic heterocycles. The van der Waals surface area contributed by atoms with Crippen LogP contribution in [0.5, 0.6) is 0 Å². The second-order valence-corrected chi connectivity index (χ2v) is 5.68. The van der Waals surface area contributed by atoms with Gasteiger partial charge in [0.15, 0.2) is 5.78 Å². The van der Waals surface area contributed by atoms with E-state index >= 15 is 0 Å². The lowest BCUT2D eigenvalue weighted by molar-refractivity contribution is 0.0630. The Kier molecular flexibility index (Phi) is 3.92. The minimum Gasteiger partial charge on any atom is -0.477 e. The second kappa shape index (κ2) is 5.89. The number of Topliss-reactive ketones (excluding diaryl/α,β-unsaturated/α-hetero) is 1. The van der Waals surface area contributed by atoms with E-state index < -0.39 is 18.0 Å². The molecule has 23 heavy (non-hydrogen) atoms. The Morgan fingerprint density at radius 3 is 2.61 bits per heavy atom. The molecule has 0 spiro atoms. The number of carbonyl (C=O) groups is 2. The quantitative estimate of drug-likeness (QED) is 0.842. The molecule has 118 valence electrons. The summed E-state index contributed by atoms with van der Waals surface area (Å²) in [6.45, 7) is 1.75. The van der Waals surface area contributed by atoms with Crippen molar-refractivity contribution in [2.75, 3.05) is 0 Å². The number of hydrogen-bond acceptors (Lipinski definition) is 4. The van der Waals surface area contributed by atoms with Crippen LogP contribution in [0.3, 0.4) is 0 Å². The van der Waals surface area contributed by atoms with Crippen LogP contribution in [0.25, 0.3) is 0 Å². The molecule has 2 atom stereocenters. The number of hydrogen-bond donors (Lipinski definition) is 2. The molecular formula is C16H13ClN2O4. The predicted octanol–water partition coefficient (Wildman–Crippen LogP) is 2.99. The predicted molar refractivity (Wildman–Crippen MR) is 84.1 cm³/mol. The maximum Gasteiger partial charge on any atom is 0.352 e. The van der Waals surface area contributed by atoms with E-state index in [2.05, 4.69) is 10.1 Å². The summed E-state index contributed by atoms with van der Waals surface area (Å²) >= 11 is 5.88. The molecule has 0 aliphatic carbocycles. The summed E-state index contributed by atoms with van der Waals surface area (Å²) in [5.74, 6) is -1.97. The standard InChI is InChI=1S/C16H13ClN2O4/c1-8-13(15(20)10-6-12(16(21)22)18-7-10)14(19-23-8)9-2-4-11(17)5-3-9/h2-8,13,18H,1H3,(H,21,22). The Hall–Kier alpha value is -2.60. The second-order valence-electron chi connectivity index (χ2n) is 5.24. The summed E-state index contributed by atoms with van der Waals surface area (Å²) in [6, 6.07) is 8.27. The third-order valence-corrected chi connectivity index (χ3v) is 3.95. The van der Waals surface area contributed by atoms with Crippen LogP contribution >= 0.6 is 11.6 Å². The minimum atomic E-state index is -1.12. The molecule has 0 fully saturated rings. The number of aromatic carboxylic acids is 1. The van der Waals surface area contributed by atoms with Gasteiger partial charge in [-0.05, 0) is 25.1 Å². The Labute approximate surface area is 136 Å². The molecule has 1 aliphatic rings. The zero-order valence-electron chi connectivity index (χ0n) is 12.1. The topological polar surface area (TPSA) is 91.8 Å². The molecule has 2 unspecified atom stereocenters. The third kappa shape index (κ3) is 2.85. The highest BCUT2D eigenvalue weighted by Gasteiger charge is 2.38. The number of carboxylic acid groups (broad SMARTS) is 1. The fourth-order valence-electron chi connectivity index (χ4n) is 2.51. The monoisotopic (exact) mass is 332 g/mol. The van der Waals surface area contributed by atoms with Gasteiger partial charge in [0.25, 0.3) is 0 Å². The van der Waals surface area contributed by atoms with E-state index in [1.54, 1.807) is 31.2 Å². The highest BCUT2D eigenvalue weighted by Crippen LogP contribution is 2.27. The third-order valence-electron chi connectivity index (χ3n) is 3.70. The molecule has 3 rings (SSSR count). The summed E-state index contributed by atoms with van der Waals surface area (Å²) in [7, 11) is 0. The molecular weight excluding hydrogens is 320 g/mol. The smallest absolute Gasteiger partial charge is 0.352 e. The molecule has 6 nitrogen and oxygen atoms in total. The van der Waals surface area contributed by atoms with E-state index in [4.69, 9.17) is 21.5 Å². The lowest BCUT2D eigenvalue weighted by Crippen LogP contribution is -2.30. The van der Waals surface area contributed by atoms with Crippen molar-refractivity contribution in [1.29, 1.82) is 0 Å². The number of halogens is 1. The van der Waals surface area contributed by atoms with Crippen molar-refractivity contribution >= 4 is 29.1 Å². The average Bonchev–Trinajstić information content (AvgIpc) is 3.14. The van der Waals surface area contributed by atoms with Gasteiger partial charge >= 0.3 is 5.97 Å². The number of rotatable bonds is 4. The average molecular weight is 333 g/mol. The Morgan fingerprint density at radius 2 is 2.00 bits per heavy atom. The molecule has 2 heterocycles. The Morgan fingerprint density at radius 1 is 1.30 bits per heavy atom. The normalized spacial score (nSPS) is 20.0. The highest BCUT2D eigenvalue weighted by atomic mass is 35.5. The van der Waals surface area contributed by atoms with Crippen LogP contribution in [0.15, 0.2) is 41.7 Å². The summed E-state index contributed by atoms with van der Waals surface area (Å²) < 4.78 is 0. The summed E-state index contributed by atoms with van der Waals surface area (Å²) in [5.41, 5.74) is 1.50. The van der Waals surface area contributed by atoms with Crippen LogP contribution in [0.1, 0.15) is 33.3 Å². The van der Waals surface area contributed by atoms with E-state index in [1.165, 1.54) is 12.3 Å². The summed E-state index contributed by atoms with van der Waals surface area (Å²) in [6.07, 6.45) is 0.951. The first-order valence-electron chi connectivity index (χ1n) is 6.93. The molecule has 2 aromatic rings. The molecule has 0 radical (unpaired) electrons. The highest BCUT2D eigenvalue weighted by molar-refractivity contribution is 6.30. The van der Waals surface area contributed by atoms with E-state index in [0.717, 1.165) is 5.56 Å². The van der Waals surface area contributed by atoms with Crippen molar-refractivity contribution in [1.82, 2.24) is 4.98 Å². The molecule has 0 bridgehead atoms. The maximum absolute atomic E-state index is 12.7. The van der Waals surface area contributed by atoms with Gasteiger partial charge < -0.3 is 14.9 Å². The van der Waals surface area contributed by atoms with Crippen molar-refractivity contribution < 1.29 is 19.5 Å². The number of nitrogens with zero attached hydrogens (tertiary/aromatic N) is 1. The number of aromatic nitrogens is 1. The number of H-pyrrole nitrogens is 1. The van der Waals surface area contributed by atoms with Gasteiger partial charge in [0, 0.05) is 22.3 Å². The summed E-state index contributed by atoms with van der Waals surface area (Å²) in [5, 5.41) is 13.5. The van der Waals surface area contributed by atoms with Crippen LogP contribution in [-0.2, 0) is 4.84 Å². The van der Waals surface area contributed by atoms with E-state index in [-0.39, 0.29) is 17.0 Å². The van der Waals surface area contributed by atoms with Gasteiger partial charge in [0.05, 0.1) is 0 Å². The number of carboxylic acids is 1. The van der Waals surface area contributed by atoms with Crippen molar-refractivity contribution in [3.8, 4) is 0 Å². The van der Waals surface area contributed by atoms with E-state index in [0.29, 0.717) is 10.7 Å². The van der Waals surface area contributed by atoms with Gasteiger partial charge in [-0.2, -0.15) is 0 Å². The molecule has 2 N–H and O–H groups in total. The van der Waals surface area contributed by atoms with Crippen LogP contribution in [-0.4, -0.2) is 33.7 Å². The fraction of sp³-hybridized carbons (Fsp3) is 0.188. The lowest BCUT2D eigenvalue weighted by atomic mass is 9.87. The van der Waals surface area contributed by atoms with Crippen molar-refractivity contribution in [3.05, 3.63) is 58.4 Å². The molecule has 1 aromatic carbocycles. The van der Waals surface area contributed by atoms with Gasteiger partial charge in [-0.15, -0.1) is 0 Å². The molecule has 1 aliphatic heterocycles. The number of aromatic amines is 1. The maximum atomic E-state index is 12.7. The number of ketones is 1. The van der Waals surface area contributed by atoms with Gasteiger partial charge in [0.1, 0.15) is 23.4 Å². The lowest BCUT2D eigenvalue weighted by Gasteiger charge is -2.13. The Bertz CT molecular complexity index is 795. The van der Waals surface area contributed by atoms with Crippen LogP contribution in [0.4, 0.5) is 0 Å². The number of benzene rings is 1. The van der Waals surface area contributed by atoms with Crippen LogP contribution < -0.4 is 0 Å². The first-order chi connectivity index (χ1) is 11.0. The SMILES string of the molecule is CC1ON=C(c2ccc(Cl)cc2)C1C(=O)c1c[nH]c(C(=O)O)c1. The zero-order chi connectivity index (χ0) is 16.6. The number of nitrogens with one attached hydrogen (secondary N) is 1. The molecule has 0 amide bonds. The first-order valence-corrected chi connectivity index (χ1v) is 7.30. The molecule has 0 saturated heterocycles. The van der Waals surface area contributed by atoms with E-state index in [9.17, 15) is 9.59 Å². The van der Waals surface area contributed by atoms with Gasteiger partial charge in [-0.1, -0.05) is 28.9 Å². The first kappa shape index (κ1) is 15.3. The van der Waals surface area contributed by atoms with Crippen LogP contribution in [0.2, 0.25) is 5.02 Å². The van der Waals surface area contributed by atoms with Crippen molar-refractivity contribution in [2.24, 2.45) is 11.1 Å². The van der Waals surface area contributed by atoms with E-state index in [1.807, 2.05) is 0 Å². The van der Waals surface area contributed by atoms with Gasteiger partial charge in [-0.3, -0.25) is 4.79 Å². The zero-order valence-corrected chi connectivity index (χ0v) is 12.9. The fourth-order valence-corrected chi connectivity index (χ4v) is 2.64. The van der Waals surface area contributed by atoms with Gasteiger partial charge in [0.2, 0.25) is 0 Å².